The zero-order valence-corrected chi connectivity index (χ0v) is 10.1. The van der Waals surface area contributed by atoms with E-state index in [1.54, 1.807) is 0 Å². The summed E-state index contributed by atoms with van der Waals surface area (Å²) in [5.74, 6) is 0.923. The van der Waals surface area contributed by atoms with Crippen LogP contribution in [0.25, 0.3) is 0 Å². The first-order chi connectivity index (χ1) is 8.28. The number of hydrogen-bond donors (Lipinski definition) is 2. The molecule has 0 atom stereocenters. The van der Waals surface area contributed by atoms with Gasteiger partial charge in [0.05, 0.1) is 6.10 Å². The van der Waals surface area contributed by atoms with E-state index in [1.807, 2.05) is 24.3 Å². The summed E-state index contributed by atoms with van der Waals surface area (Å²) in [4.78, 5) is 0. The Labute approximate surface area is 103 Å². The number of benzene rings is 1. The van der Waals surface area contributed by atoms with Gasteiger partial charge >= 0.3 is 0 Å². The third-order valence-electron chi connectivity index (χ3n) is 3.35. The minimum absolute atomic E-state index is 0.195. The van der Waals surface area contributed by atoms with Gasteiger partial charge in [0.1, 0.15) is 5.75 Å². The lowest BCUT2D eigenvalue weighted by molar-refractivity contribution is 0.147. The average molecular weight is 235 g/mol. The maximum absolute atomic E-state index is 8.83. The van der Waals surface area contributed by atoms with Gasteiger partial charge in [-0.05, 0) is 49.8 Å². The molecule has 1 saturated carbocycles. The molecule has 3 nitrogen and oxygen atoms in total. The smallest absolute Gasteiger partial charge is 0.119 e. The summed E-state index contributed by atoms with van der Waals surface area (Å²) in [7, 11) is 0. The molecule has 0 unspecified atom stereocenters. The number of aliphatic hydroxyl groups excluding tert-OH is 1. The van der Waals surface area contributed by atoms with Gasteiger partial charge in [0, 0.05) is 12.6 Å². The molecule has 1 fully saturated rings. The van der Waals surface area contributed by atoms with Gasteiger partial charge in [-0.3, -0.25) is 0 Å². The molecule has 0 bridgehead atoms. The van der Waals surface area contributed by atoms with Gasteiger partial charge in [-0.2, -0.15) is 0 Å². The maximum Gasteiger partial charge on any atom is 0.119 e. The fourth-order valence-corrected chi connectivity index (χ4v) is 2.26. The Morgan fingerprint density at radius 3 is 2.35 bits per heavy atom. The van der Waals surface area contributed by atoms with Gasteiger partial charge in [-0.25, -0.2) is 0 Å². The first kappa shape index (κ1) is 12.4. The number of hydrogen-bond acceptors (Lipinski definition) is 3. The van der Waals surface area contributed by atoms with E-state index in [-0.39, 0.29) is 6.61 Å². The Bertz CT molecular complexity index is 329. The number of nitrogens with two attached hydrogens (primary N) is 1. The Balaban J connectivity index is 1.86. The highest BCUT2D eigenvalue weighted by Gasteiger charge is 2.19. The highest BCUT2D eigenvalue weighted by Crippen LogP contribution is 2.23. The van der Waals surface area contributed by atoms with Crippen molar-refractivity contribution in [1.29, 1.82) is 0 Å². The van der Waals surface area contributed by atoms with Crippen LogP contribution in [0.15, 0.2) is 24.3 Å². The molecule has 1 aliphatic rings. The lowest BCUT2D eigenvalue weighted by atomic mass is 9.94. The van der Waals surface area contributed by atoms with Gasteiger partial charge in [-0.1, -0.05) is 12.1 Å². The van der Waals surface area contributed by atoms with E-state index in [4.69, 9.17) is 15.6 Å². The fourth-order valence-electron chi connectivity index (χ4n) is 2.26. The second kappa shape index (κ2) is 6.03. The summed E-state index contributed by atoms with van der Waals surface area (Å²) < 4.78 is 5.92. The Hall–Kier alpha value is -1.06. The fraction of sp³-hybridized carbons (Fsp3) is 0.571. The SMILES string of the molecule is NC1CCC(Oc2ccc(CCO)cc2)CC1. The van der Waals surface area contributed by atoms with E-state index < -0.39 is 0 Å². The van der Waals surface area contributed by atoms with E-state index in [0.717, 1.165) is 37.0 Å². The molecule has 1 aromatic carbocycles. The second-order valence-corrected chi connectivity index (χ2v) is 4.77. The molecule has 17 heavy (non-hydrogen) atoms. The molecule has 2 rings (SSSR count). The summed E-state index contributed by atoms with van der Waals surface area (Å²) in [6.07, 6.45) is 5.26. The van der Waals surface area contributed by atoms with Gasteiger partial charge in [0.2, 0.25) is 0 Å². The van der Waals surface area contributed by atoms with Crippen molar-refractivity contribution in [3.63, 3.8) is 0 Å². The molecule has 0 saturated heterocycles. The second-order valence-electron chi connectivity index (χ2n) is 4.77. The van der Waals surface area contributed by atoms with Gasteiger partial charge in [-0.15, -0.1) is 0 Å². The predicted molar refractivity (Wildman–Crippen MR) is 68.1 cm³/mol. The van der Waals surface area contributed by atoms with E-state index in [1.165, 1.54) is 0 Å². The van der Waals surface area contributed by atoms with Crippen molar-refractivity contribution in [2.75, 3.05) is 6.61 Å². The summed E-state index contributed by atoms with van der Waals surface area (Å²) in [6, 6.07) is 8.36. The first-order valence-corrected chi connectivity index (χ1v) is 6.40. The molecule has 0 aromatic heterocycles. The summed E-state index contributed by atoms with van der Waals surface area (Å²) in [5, 5.41) is 8.83. The highest BCUT2D eigenvalue weighted by atomic mass is 16.5. The van der Waals surface area contributed by atoms with Crippen molar-refractivity contribution < 1.29 is 9.84 Å². The molecular weight excluding hydrogens is 214 g/mol. The average Bonchev–Trinajstić information content (AvgIpc) is 2.35. The van der Waals surface area contributed by atoms with Gasteiger partial charge in [0.15, 0.2) is 0 Å². The molecule has 1 aromatic rings. The number of ether oxygens (including phenoxy) is 1. The topological polar surface area (TPSA) is 55.5 Å². The predicted octanol–water partition coefficient (Wildman–Crippen LogP) is 1.87. The van der Waals surface area contributed by atoms with E-state index >= 15 is 0 Å². The van der Waals surface area contributed by atoms with Gasteiger partial charge < -0.3 is 15.6 Å². The van der Waals surface area contributed by atoms with Gasteiger partial charge in [0.25, 0.3) is 0 Å². The standard InChI is InChI=1S/C14H21NO2/c15-12-3-7-14(8-4-12)17-13-5-1-11(2-6-13)9-10-16/h1-2,5-6,12,14,16H,3-4,7-10,15H2. The van der Waals surface area contributed by atoms with Crippen molar-refractivity contribution in [1.82, 2.24) is 0 Å². The molecule has 0 spiro atoms. The van der Waals surface area contributed by atoms with Crippen LogP contribution in [0, 0.1) is 0 Å². The van der Waals surface area contributed by atoms with Crippen LogP contribution in [0.5, 0.6) is 5.75 Å². The number of aliphatic hydroxyl groups is 1. The van der Waals surface area contributed by atoms with Crippen LogP contribution in [-0.2, 0) is 6.42 Å². The van der Waals surface area contributed by atoms with Crippen molar-refractivity contribution in [2.45, 2.75) is 44.2 Å². The Morgan fingerprint density at radius 1 is 1.12 bits per heavy atom. The number of rotatable bonds is 4. The van der Waals surface area contributed by atoms with Crippen LogP contribution in [0.2, 0.25) is 0 Å². The molecule has 0 amide bonds. The van der Waals surface area contributed by atoms with Crippen LogP contribution in [0.1, 0.15) is 31.2 Å². The molecule has 0 aliphatic heterocycles. The van der Waals surface area contributed by atoms with Crippen molar-refractivity contribution >= 4 is 0 Å². The zero-order chi connectivity index (χ0) is 12.1. The first-order valence-electron chi connectivity index (χ1n) is 6.40. The van der Waals surface area contributed by atoms with Crippen LogP contribution in [0.3, 0.4) is 0 Å². The third-order valence-corrected chi connectivity index (χ3v) is 3.35. The molecule has 0 heterocycles. The lowest BCUT2D eigenvalue weighted by Crippen LogP contribution is -2.31. The highest BCUT2D eigenvalue weighted by molar-refractivity contribution is 5.27. The molecule has 94 valence electrons. The summed E-state index contributed by atoms with van der Waals surface area (Å²) in [6.45, 7) is 0.195. The summed E-state index contributed by atoms with van der Waals surface area (Å²) >= 11 is 0. The monoisotopic (exact) mass is 235 g/mol. The third kappa shape index (κ3) is 3.72. The minimum atomic E-state index is 0.195. The van der Waals surface area contributed by atoms with Crippen molar-refractivity contribution in [2.24, 2.45) is 5.73 Å². The van der Waals surface area contributed by atoms with Crippen molar-refractivity contribution in [3.8, 4) is 5.75 Å². The lowest BCUT2D eigenvalue weighted by Gasteiger charge is -2.26. The van der Waals surface area contributed by atoms with E-state index in [2.05, 4.69) is 0 Å². The van der Waals surface area contributed by atoms with E-state index in [9.17, 15) is 0 Å². The maximum atomic E-state index is 8.83. The molecule has 3 N–H and O–H groups in total. The quantitative estimate of drug-likeness (QED) is 0.837. The minimum Gasteiger partial charge on any atom is -0.490 e. The van der Waals surface area contributed by atoms with Crippen LogP contribution in [-0.4, -0.2) is 23.9 Å². The zero-order valence-electron chi connectivity index (χ0n) is 10.1. The largest absolute Gasteiger partial charge is 0.490 e. The molecule has 0 radical (unpaired) electrons. The van der Waals surface area contributed by atoms with Crippen LogP contribution in [0.4, 0.5) is 0 Å². The molecule has 1 aliphatic carbocycles. The Kier molecular flexibility index (Phi) is 4.40. The van der Waals surface area contributed by atoms with Crippen molar-refractivity contribution in [3.05, 3.63) is 29.8 Å². The van der Waals surface area contributed by atoms with E-state index in [0.29, 0.717) is 18.6 Å². The summed E-state index contributed by atoms with van der Waals surface area (Å²) in [5.41, 5.74) is 7.01. The van der Waals surface area contributed by atoms with Crippen LogP contribution >= 0.6 is 0 Å². The normalized spacial score (nSPS) is 24.6. The Morgan fingerprint density at radius 2 is 1.76 bits per heavy atom. The molecular formula is C14H21NO2. The molecule has 3 heteroatoms. The van der Waals surface area contributed by atoms with Crippen LogP contribution < -0.4 is 10.5 Å².